The summed E-state index contributed by atoms with van der Waals surface area (Å²) in [5.41, 5.74) is 6.99. The van der Waals surface area contributed by atoms with Crippen LogP contribution >= 0.6 is 11.6 Å². The Bertz CT molecular complexity index is 1500. The first-order chi connectivity index (χ1) is 19.3. The molecule has 5 rings (SSSR count). The van der Waals surface area contributed by atoms with E-state index in [1.54, 1.807) is 19.2 Å². The monoisotopic (exact) mass is 557 g/mol. The number of aliphatic carboxylic acids is 1. The van der Waals surface area contributed by atoms with Crippen molar-refractivity contribution in [1.29, 1.82) is 0 Å². The number of ether oxygens (including phenoxy) is 1. The minimum atomic E-state index is -0.775. The number of methoxy groups -OCH3 is 1. The highest BCUT2D eigenvalue weighted by Crippen LogP contribution is 2.34. The van der Waals surface area contributed by atoms with Crippen LogP contribution in [0.5, 0.6) is 5.75 Å². The fourth-order valence-electron chi connectivity index (χ4n) is 5.81. The third kappa shape index (κ3) is 6.48. The molecule has 0 spiro atoms. The topological polar surface area (TPSA) is 49.8 Å². The van der Waals surface area contributed by atoms with E-state index in [4.69, 9.17) is 16.3 Å². The molecule has 1 fully saturated rings. The Morgan fingerprint density at radius 2 is 1.82 bits per heavy atom. The number of hydrogen-bond acceptors (Lipinski definition) is 3. The Balaban J connectivity index is 1.30. The molecule has 206 valence electrons. The zero-order valence-corrected chi connectivity index (χ0v) is 23.5. The number of anilines is 1. The van der Waals surface area contributed by atoms with Gasteiger partial charge in [-0.25, -0.2) is 4.39 Å². The van der Waals surface area contributed by atoms with Gasteiger partial charge >= 0.3 is 5.97 Å². The molecule has 1 aliphatic heterocycles. The number of aryl methyl sites for hydroxylation is 1. The van der Waals surface area contributed by atoms with Crippen molar-refractivity contribution in [1.82, 2.24) is 0 Å². The highest BCUT2D eigenvalue weighted by atomic mass is 35.5. The Kier molecular flexibility index (Phi) is 8.41. The van der Waals surface area contributed by atoms with Crippen LogP contribution in [0.1, 0.15) is 35.1 Å². The zero-order chi connectivity index (χ0) is 28.2. The van der Waals surface area contributed by atoms with Crippen molar-refractivity contribution in [3.8, 4) is 16.9 Å². The van der Waals surface area contributed by atoms with Gasteiger partial charge in [-0.15, -0.1) is 0 Å². The third-order valence-corrected chi connectivity index (χ3v) is 8.05. The average molecular weight is 558 g/mol. The summed E-state index contributed by atoms with van der Waals surface area (Å²) in [6, 6.07) is 27.1. The number of hydrogen-bond donors (Lipinski definition) is 1. The van der Waals surface area contributed by atoms with Crippen LogP contribution in [0.3, 0.4) is 0 Å². The largest absolute Gasteiger partial charge is 0.497 e. The second-order valence-corrected chi connectivity index (χ2v) is 11.1. The number of carboxylic acids is 1. The van der Waals surface area contributed by atoms with Crippen LogP contribution in [0.15, 0.2) is 84.9 Å². The number of carbonyl (C=O) groups is 1. The Labute approximate surface area is 240 Å². The van der Waals surface area contributed by atoms with E-state index in [0.29, 0.717) is 17.2 Å². The van der Waals surface area contributed by atoms with Gasteiger partial charge in [0.2, 0.25) is 0 Å². The van der Waals surface area contributed by atoms with E-state index in [1.807, 2.05) is 37.3 Å². The van der Waals surface area contributed by atoms with Crippen LogP contribution in [-0.2, 0) is 17.6 Å². The predicted octanol–water partition coefficient (Wildman–Crippen LogP) is 7.97. The van der Waals surface area contributed by atoms with E-state index in [0.717, 1.165) is 53.2 Å². The van der Waals surface area contributed by atoms with Crippen LogP contribution in [0, 0.1) is 18.7 Å². The van der Waals surface area contributed by atoms with E-state index < -0.39 is 5.97 Å². The molecule has 0 aromatic heterocycles. The molecule has 1 heterocycles. The lowest BCUT2D eigenvalue weighted by Gasteiger charge is -2.26. The van der Waals surface area contributed by atoms with Crippen molar-refractivity contribution < 1.29 is 19.0 Å². The van der Waals surface area contributed by atoms with E-state index in [9.17, 15) is 14.3 Å². The van der Waals surface area contributed by atoms with Gasteiger partial charge in [-0.1, -0.05) is 54.1 Å². The minimum absolute atomic E-state index is 0.0423. The van der Waals surface area contributed by atoms with Crippen LogP contribution in [0.4, 0.5) is 10.1 Å². The quantitative estimate of drug-likeness (QED) is 0.227. The van der Waals surface area contributed by atoms with Gasteiger partial charge in [0.25, 0.3) is 0 Å². The number of carboxylic acid groups (broad SMARTS) is 1. The zero-order valence-electron chi connectivity index (χ0n) is 22.7. The Morgan fingerprint density at radius 3 is 2.52 bits per heavy atom. The molecular formula is C34H33ClFNO3. The summed E-state index contributed by atoms with van der Waals surface area (Å²) in [5.74, 6) is -0.0695. The number of benzene rings is 4. The highest BCUT2D eigenvalue weighted by molar-refractivity contribution is 6.30. The molecule has 40 heavy (non-hydrogen) atoms. The maximum Gasteiger partial charge on any atom is 0.305 e. The number of nitrogens with zero attached hydrogens (tertiary/aromatic N) is 1. The van der Waals surface area contributed by atoms with Gasteiger partial charge in [0.05, 0.1) is 13.5 Å². The molecule has 0 radical (unpaired) electrons. The maximum absolute atomic E-state index is 14.5. The van der Waals surface area contributed by atoms with Gasteiger partial charge in [-0.3, -0.25) is 4.79 Å². The van der Waals surface area contributed by atoms with Gasteiger partial charge in [-0.05, 0) is 102 Å². The first kappa shape index (κ1) is 27.7. The highest BCUT2D eigenvalue weighted by Gasteiger charge is 2.33. The SMILES string of the molecule is COc1ccc(F)c(-c2ccc(Cc3ccc(N4CC(Cc5cccc(Cl)c5)C[C@@H]4CC(=O)O)cc3)c(C)c2)c1. The molecule has 2 atom stereocenters. The third-order valence-electron chi connectivity index (χ3n) is 7.81. The fourth-order valence-corrected chi connectivity index (χ4v) is 6.02. The second kappa shape index (κ2) is 12.1. The van der Waals surface area contributed by atoms with Crippen molar-refractivity contribution in [3.63, 3.8) is 0 Å². The molecule has 0 amide bonds. The maximum atomic E-state index is 14.5. The summed E-state index contributed by atoms with van der Waals surface area (Å²) in [6.45, 7) is 2.86. The lowest BCUT2D eigenvalue weighted by molar-refractivity contribution is -0.137. The van der Waals surface area contributed by atoms with E-state index >= 15 is 0 Å². The van der Waals surface area contributed by atoms with E-state index in [-0.39, 0.29) is 18.3 Å². The van der Waals surface area contributed by atoms with Crippen LogP contribution in [-0.4, -0.2) is 30.8 Å². The standard InChI is InChI=1S/C34H33ClFNO3/c1-22-14-27(32-20-31(40-2)12-13-33(32)36)9-8-26(22)16-23-6-10-29(11-7-23)37-21-25(18-30(37)19-34(38)39)15-24-4-3-5-28(35)17-24/h3-14,17,20,25,30H,15-16,18-19,21H2,1-2H3,(H,38,39)/t25?,30-/m1/s1. The van der Waals surface area contributed by atoms with E-state index in [2.05, 4.69) is 41.3 Å². The number of halogens is 2. The predicted molar refractivity (Wildman–Crippen MR) is 159 cm³/mol. The van der Waals surface area contributed by atoms with Crippen molar-refractivity contribution in [2.75, 3.05) is 18.6 Å². The van der Waals surface area contributed by atoms with Gasteiger partial charge < -0.3 is 14.7 Å². The molecule has 4 aromatic rings. The summed E-state index contributed by atoms with van der Waals surface area (Å²) < 4.78 is 19.8. The summed E-state index contributed by atoms with van der Waals surface area (Å²) in [4.78, 5) is 13.9. The molecule has 0 saturated carbocycles. The molecule has 1 unspecified atom stereocenters. The molecule has 0 aliphatic carbocycles. The summed E-state index contributed by atoms with van der Waals surface area (Å²) in [5, 5.41) is 10.3. The van der Waals surface area contributed by atoms with Crippen molar-refractivity contribution in [2.24, 2.45) is 5.92 Å². The van der Waals surface area contributed by atoms with Gasteiger partial charge in [0, 0.05) is 28.9 Å². The lowest BCUT2D eigenvalue weighted by atomic mass is 9.95. The molecule has 1 aliphatic rings. The second-order valence-electron chi connectivity index (χ2n) is 10.7. The summed E-state index contributed by atoms with van der Waals surface area (Å²) in [6.07, 6.45) is 2.58. The molecule has 4 aromatic carbocycles. The average Bonchev–Trinajstić information content (AvgIpc) is 3.31. The minimum Gasteiger partial charge on any atom is -0.497 e. The van der Waals surface area contributed by atoms with Gasteiger partial charge in [0.15, 0.2) is 0 Å². The fraction of sp³-hybridized carbons (Fsp3) is 0.265. The van der Waals surface area contributed by atoms with Crippen molar-refractivity contribution in [3.05, 3.63) is 118 Å². The van der Waals surface area contributed by atoms with E-state index in [1.165, 1.54) is 17.2 Å². The van der Waals surface area contributed by atoms with Crippen LogP contribution < -0.4 is 9.64 Å². The van der Waals surface area contributed by atoms with Crippen LogP contribution in [0.2, 0.25) is 5.02 Å². The van der Waals surface area contributed by atoms with Crippen LogP contribution in [0.25, 0.3) is 11.1 Å². The molecule has 1 saturated heterocycles. The first-order valence-corrected chi connectivity index (χ1v) is 13.9. The Hall–Kier alpha value is -3.83. The van der Waals surface area contributed by atoms with Gasteiger partial charge in [-0.2, -0.15) is 0 Å². The van der Waals surface area contributed by atoms with Gasteiger partial charge in [0.1, 0.15) is 11.6 Å². The molecule has 1 N–H and O–H groups in total. The molecule has 6 heteroatoms. The molecule has 4 nitrogen and oxygen atoms in total. The summed E-state index contributed by atoms with van der Waals surface area (Å²) >= 11 is 6.18. The summed E-state index contributed by atoms with van der Waals surface area (Å²) in [7, 11) is 1.58. The molecule has 0 bridgehead atoms. The lowest BCUT2D eigenvalue weighted by Crippen LogP contribution is -2.31. The smallest absolute Gasteiger partial charge is 0.305 e. The van der Waals surface area contributed by atoms with Crippen molar-refractivity contribution >= 4 is 23.3 Å². The Morgan fingerprint density at radius 1 is 1.02 bits per heavy atom. The normalized spacial score (nSPS) is 16.8. The first-order valence-electron chi connectivity index (χ1n) is 13.5. The molecular weight excluding hydrogens is 525 g/mol. The number of rotatable bonds is 9. The van der Waals surface area contributed by atoms with Crippen molar-refractivity contribution in [2.45, 2.75) is 38.6 Å².